The standard InChI is InChI=1S/C21H24N4O3S/c1-13(21-24-16-7-5-6-8-19(16)29-21)25(3)12-20(27)23-17-11-15(22-14(2)26)9-10-18(17)28-4/h5-11,13H,12H2,1-4H3,(H,22,26)(H,23,27)/p+1/t13-/m0/s1. The highest BCUT2D eigenvalue weighted by Gasteiger charge is 2.22. The van der Waals surface area contributed by atoms with Crippen LogP contribution in [-0.4, -0.2) is 37.5 Å². The van der Waals surface area contributed by atoms with Gasteiger partial charge in [-0.05, 0) is 37.3 Å². The molecule has 7 nitrogen and oxygen atoms in total. The van der Waals surface area contributed by atoms with Crippen LogP contribution in [0.4, 0.5) is 11.4 Å². The van der Waals surface area contributed by atoms with Gasteiger partial charge in [-0.1, -0.05) is 12.1 Å². The zero-order valence-corrected chi connectivity index (χ0v) is 17.7. The molecule has 29 heavy (non-hydrogen) atoms. The molecule has 0 fully saturated rings. The van der Waals surface area contributed by atoms with Gasteiger partial charge in [0, 0.05) is 12.6 Å². The van der Waals surface area contributed by atoms with Gasteiger partial charge in [0.25, 0.3) is 5.91 Å². The molecule has 0 bridgehead atoms. The van der Waals surface area contributed by atoms with Gasteiger partial charge in [0.1, 0.15) is 11.8 Å². The van der Waals surface area contributed by atoms with Crippen molar-refractivity contribution < 1.29 is 19.2 Å². The normalized spacial score (nSPS) is 13.0. The van der Waals surface area contributed by atoms with Crippen LogP contribution < -0.4 is 20.3 Å². The number of para-hydroxylation sites is 1. The highest BCUT2D eigenvalue weighted by Crippen LogP contribution is 2.28. The van der Waals surface area contributed by atoms with Crippen LogP contribution in [0.2, 0.25) is 0 Å². The predicted molar refractivity (Wildman–Crippen MR) is 116 cm³/mol. The fraction of sp³-hybridized carbons (Fsp3) is 0.286. The minimum absolute atomic E-state index is 0.0748. The molecule has 0 aliphatic heterocycles. The molecule has 0 spiro atoms. The summed E-state index contributed by atoms with van der Waals surface area (Å²) in [4.78, 5) is 29.6. The van der Waals surface area contributed by atoms with E-state index in [4.69, 9.17) is 9.72 Å². The number of amides is 2. The Bertz CT molecular complexity index is 1000. The molecule has 3 aromatic rings. The number of aromatic nitrogens is 1. The first kappa shape index (κ1) is 20.8. The summed E-state index contributed by atoms with van der Waals surface area (Å²) in [6.45, 7) is 3.77. The molecule has 2 amide bonds. The van der Waals surface area contributed by atoms with Crippen LogP contribution in [0.1, 0.15) is 24.9 Å². The summed E-state index contributed by atoms with van der Waals surface area (Å²) in [6, 6.07) is 13.2. The Morgan fingerprint density at radius 3 is 2.66 bits per heavy atom. The van der Waals surface area contributed by atoms with Crippen LogP contribution in [0.15, 0.2) is 42.5 Å². The van der Waals surface area contributed by atoms with Gasteiger partial charge in [0.05, 0.1) is 30.1 Å². The molecular weight excluding hydrogens is 388 g/mol. The van der Waals surface area contributed by atoms with E-state index in [0.717, 1.165) is 20.1 Å². The van der Waals surface area contributed by atoms with E-state index in [2.05, 4.69) is 23.6 Å². The maximum absolute atomic E-state index is 12.6. The molecule has 2 aromatic carbocycles. The summed E-state index contributed by atoms with van der Waals surface area (Å²) >= 11 is 1.65. The fourth-order valence-electron chi connectivity index (χ4n) is 2.97. The highest BCUT2D eigenvalue weighted by atomic mass is 32.1. The quantitative estimate of drug-likeness (QED) is 0.556. The van der Waals surface area contributed by atoms with Gasteiger partial charge in [0.15, 0.2) is 11.6 Å². The van der Waals surface area contributed by atoms with E-state index in [1.54, 1.807) is 29.5 Å². The average molecular weight is 414 g/mol. The van der Waals surface area contributed by atoms with E-state index >= 15 is 0 Å². The Morgan fingerprint density at radius 1 is 1.21 bits per heavy atom. The number of benzene rings is 2. The third-order valence-corrected chi connectivity index (χ3v) is 5.87. The molecule has 0 radical (unpaired) electrons. The maximum atomic E-state index is 12.6. The number of nitrogens with zero attached hydrogens (tertiary/aromatic N) is 1. The zero-order valence-electron chi connectivity index (χ0n) is 16.9. The third-order valence-electron chi connectivity index (χ3n) is 4.65. The number of anilines is 2. The molecule has 0 aliphatic rings. The van der Waals surface area contributed by atoms with Crippen LogP contribution in [0.5, 0.6) is 5.75 Å². The summed E-state index contributed by atoms with van der Waals surface area (Å²) in [5.74, 6) is 0.208. The van der Waals surface area contributed by atoms with Gasteiger partial charge in [-0.2, -0.15) is 0 Å². The van der Waals surface area contributed by atoms with Crippen molar-refractivity contribution in [2.75, 3.05) is 31.3 Å². The number of methoxy groups -OCH3 is 1. The van der Waals surface area contributed by atoms with E-state index < -0.39 is 0 Å². The number of thiazole rings is 1. The van der Waals surface area contributed by atoms with Crippen LogP contribution in [0, 0.1) is 0 Å². The lowest BCUT2D eigenvalue weighted by Gasteiger charge is -2.20. The number of rotatable bonds is 7. The van der Waals surface area contributed by atoms with E-state index in [1.165, 1.54) is 14.0 Å². The Kier molecular flexibility index (Phi) is 6.46. The van der Waals surface area contributed by atoms with Gasteiger partial charge >= 0.3 is 0 Å². The number of ether oxygens (including phenoxy) is 1. The number of hydrogen-bond acceptors (Lipinski definition) is 5. The van der Waals surface area contributed by atoms with Crippen molar-refractivity contribution in [3.05, 3.63) is 47.5 Å². The lowest BCUT2D eigenvalue weighted by Crippen LogP contribution is -3.10. The second-order valence-corrected chi connectivity index (χ2v) is 7.97. The molecule has 3 rings (SSSR count). The number of quaternary nitrogens is 1. The first-order valence-corrected chi connectivity index (χ1v) is 10.1. The summed E-state index contributed by atoms with van der Waals surface area (Å²) in [7, 11) is 3.51. The largest absolute Gasteiger partial charge is 0.495 e. The van der Waals surface area contributed by atoms with Crippen LogP contribution >= 0.6 is 11.3 Å². The Balaban J connectivity index is 1.68. The second kappa shape index (κ2) is 9.02. The molecule has 1 aromatic heterocycles. The summed E-state index contributed by atoms with van der Waals surface area (Å²) < 4.78 is 6.46. The summed E-state index contributed by atoms with van der Waals surface area (Å²) in [6.07, 6.45) is 0. The van der Waals surface area contributed by atoms with Gasteiger partial charge in [-0.25, -0.2) is 4.98 Å². The monoisotopic (exact) mass is 413 g/mol. The molecule has 8 heteroatoms. The molecule has 0 saturated carbocycles. The van der Waals surface area contributed by atoms with E-state index in [-0.39, 0.29) is 24.4 Å². The van der Waals surface area contributed by atoms with Gasteiger partial charge in [0.2, 0.25) is 5.91 Å². The smallest absolute Gasteiger partial charge is 0.279 e. The van der Waals surface area contributed by atoms with Crippen molar-refractivity contribution in [3.8, 4) is 5.75 Å². The Hall–Kier alpha value is -2.97. The van der Waals surface area contributed by atoms with Crippen molar-refractivity contribution in [3.63, 3.8) is 0 Å². The van der Waals surface area contributed by atoms with Crippen molar-refractivity contribution in [2.24, 2.45) is 0 Å². The first-order chi connectivity index (χ1) is 13.9. The van der Waals surface area contributed by atoms with Gasteiger partial charge < -0.3 is 20.3 Å². The Morgan fingerprint density at radius 2 is 1.97 bits per heavy atom. The SMILES string of the molecule is COc1ccc(NC(C)=O)cc1NC(=O)C[NH+](C)[C@@H](C)c1nc2ccccc2s1. The summed E-state index contributed by atoms with van der Waals surface area (Å²) in [5, 5.41) is 6.59. The minimum atomic E-state index is -0.179. The van der Waals surface area contributed by atoms with Crippen molar-refractivity contribution in [1.29, 1.82) is 0 Å². The summed E-state index contributed by atoms with van der Waals surface area (Å²) in [5.41, 5.74) is 2.09. The number of fused-ring (bicyclic) bond motifs is 1. The molecule has 1 unspecified atom stereocenters. The highest BCUT2D eigenvalue weighted by molar-refractivity contribution is 7.18. The lowest BCUT2D eigenvalue weighted by atomic mass is 10.2. The van der Waals surface area contributed by atoms with E-state index in [1.807, 2.05) is 25.2 Å². The van der Waals surface area contributed by atoms with Crippen molar-refractivity contribution >= 4 is 44.7 Å². The average Bonchev–Trinajstić information content (AvgIpc) is 3.11. The van der Waals surface area contributed by atoms with E-state index in [0.29, 0.717) is 17.1 Å². The second-order valence-electron chi connectivity index (χ2n) is 6.91. The lowest BCUT2D eigenvalue weighted by molar-refractivity contribution is -0.902. The van der Waals surface area contributed by atoms with E-state index in [9.17, 15) is 9.59 Å². The van der Waals surface area contributed by atoms with Crippen LogP contribution in [-0.2, 0) is 9.59 Å². The Labute approximate surface area is 173 Å². The number of hydrogen-bond donors (Lipinski definition) is 3. The molecule has 152 valence electrons. The van der Waals surface area contributed by atoms with Crippen LogP contribution in [0.25, 0.3) is 10.2 Å². The zero-order chi connectivity index (χ0) is 21.0. The predicted octanol–water partition coefficient (Wildman–Crippen LogP) is 2.48. The number of nitrogens with one attached hydrogen (secondary N) is 3. The van der Waals surface area contributed by atoms with Gasteiger partial charge in [-0.15, -0.1) is 11.3 Å². The fourth-order valence-corrected chi connectivity index (χ4v) is 4.09. The molecule has 2 atom stereocenters. The molecule has 3 N–H and O–H groups in total. The third kappa shape index (κ3) is 5.10. The molecular formula is C21H25N4O3S+. The van der Waals surface area contributed by atoms with Gasteiger partial charge in [-0.3, -0.25) is 9.59 Å². The number of carbonyl (C=O) groups is 2. The first-order valence-electron chi connectivity index (χ1n) is 9.30. The maximum Gasteiger partial charge on any atom is 0.279 e. The minimum Gasteiger partial charge on any atom is -0.495 e. The molecule has 1 heterocycles. The number of carbonyl (C=O) groups excluding carboxylic acids is 2. The number of likely N-dealkylation sites (N-methyl/N-ethyl adjacent to an activating group) is 1. The van der Waals surface area contributed by atoms with Crippen molar-refractivity contribution in [2.45, 2.75) is 19.9 Å². The van der Waals surface area contributed by atoms with Crippen LogP contribution in [0.3, 0.4) is 0 Å². The molecule has 0 aliphatic carbocycles. The topological polar surface area (TPSA) is 84.8 Å². The molecule has 0 saturated heterocycles. The van der Waals surface area contributed by atoms with Crippen molar-refractivity contribution in [1.82, 2.24) is 4.98 Å².